The van der Waals surface area contributed by atoms with Crippen molar-refractivity contribution in [2.24, 2.45) is 0 Å². The van der Waals surface area contributed by atoms with Gasteiger partial charge in [0.05, 0.1) is 5.56 Å². The maximum atomic E-state index is 12.9. The van der Waals surface area contributed by atoms with Gasteiger partial charge in [0.25, 0.3) is 11.8 Å². The molecule has 160 valence electrons. The molecule has 31 heavy (non-hydrogen) atoms. The summed E-state index contributed by atoms with van der Waals surface area (Å²) < 4.78 is 0. The minimum Gasteiger partial charge on any atom is -0.351 e. The van der Waals surface area contributed by atoms with Crippen molar-refractivity contribution in [2.75, 3.05) is 11.9 Å². The van der Waals surface area contributed by atoms with Gasteiger partial charge in [0.15, 0.2) is 0 Å². The van der Waals surface area contributed by atoms with Crippen LogP contribution in [0.2, 0.25) is 0 Å². The summed E-state index contributed by atoms with van der Waals surface area (Å²) in [7, 11) is 0. The number of carbonyl (C=O) groups is 2. The summed E-state index contributed by atoms with van der Waals surface area (Å²) in [5.41, 5.74) is 4.79. The van der Waals surface area contributed by atoms with Gasteiger partial charge in [-0.05, 0) is 73.4 Å². The first-order valence-electron chi connectivity index (χ1n) is 10.2. The van der Waals surface area contributed by atoms with Gasteiger partial charge in [-0.2, -0.15) is 0 Å². The van der Waals surface area contributed by atoms with E-state index in [9.17, 15) is 9.59 Å². The highest BCUT2D eigenvalue weighted by molar-refractivity contribution is 7.98. The summed E-state index contributed by atoms with van der Waals surface area (Å²) in [4.78, 5) is 33.6. The predicted molar refractivity (Wildman–Crippen MR) is 125 cm³/mol. The van der Waals surface area contributed by atoms with Crippen LogP contribution < -0.4 is 10.6 Å². The van der Waals surface area contributed by atoms with Crippen LogP contribution in [0.3, 0.4) is 0 Å². The number of aromatic nitrogens is 2. The smallest absolute Gasteiger partial charge is 0.269 e. The third-order valence-corrected chi connectivity index (χ3v) is 5.54. The van der Waals surface area contributed by atoms with Crippen LogP contribution in [-0.4, -0.2) is 28.3 Å². The fraction of sp³-hybridized carbons (Fsp3) is 0.250. The summed E-state index contributed by atoms with van der Waals surface area (Å²) in [6.07, 6.45) is 4.17. The number of nitrogens with one attached hydrogen (secondary N) is 2. The molecule has 2 N–H and O–H groups in total. The van der Waals surface area contributed by atoms with Gasteiger partial charge in [0, 0.05) is 30.4 Å². The third-order valence-electron chi connectivity index (χ3n) is 4.46. The van der Waals surface area contributed by atoms with E-state index in [-0.39, 0.29) is 11.8 Å². The van der Waals surface area contributed by atoms with E-state index in [4.69, 9.17) is 0 Å². The average Bonchev–Trinajstić information content (AvgIpc) is 2.75. The number of hydrogen-bond acceptors (Lipinski definition) is 5. The van der Waals surface area contributed by atoms with E-state index in [1.807, 2.05) is 39.0 Å². The fourth-order valence-corrected chi connectivity index (χ4v) is 4.03. The van der Waals surface area contributed by atoms with Crippen LogP contribution in [0.1, 0.15) is 50.9 Å². The van der Waals surface area contributed by atoms with Crippen molar-refractivity contribution in [2.45, 2.75) is 38.0 Å². The maximum Gasteiger partial charge on any atom is 0.269 e. The Morgan fingerprint density at radius 3 is 2.48 bits per heavy atom. The van der Waals surface area contributed by atoms with Crippen molar-refractivity contribution < 1.29 is 9.59 Å². The van der Waals surface area contributed by atoms with Crippen LogP contribution in [0.25, 0.3) is 0 Å². The Morgan fingerprint density at radius 1 is 0.968 bits per heavy atom. The molecule has 1 aromatic carbocycles. The van der Waals surface area contributed by atoms with Gasteiger partial charge >= 0.3 is 0 Å². The Bertz CT molecular complexity index is 1060. The quantitative estimate of drug-likeness (QED) is 0.499. The molecular weight excluding hydrogens is 408 g/mol. The lowest BCUT2D eigenvalue weighted by molar-refractivity contribution is 0.0947. The Morgan fingerprint density at radius 2 is 1.74 bits per heavy atom. The molecule has 3 aromatic rings. The van der Waals surface area contributed by atoms with Crippen molar-refractivity contribution in [1.29, 1.82) is 0 Å². The zero-order valence-corrected chi connectivity index (χ0v) is 18.8. The lowest BCUT2D eigenvalue weighted by Crippen LogP contribution is -2.24. The SMILES string of the molecule is CCCNC(=O)c1cc(CSc2ncccc2C(=O)Nc2cc(C)cc(C)c2)ccn1. The standard InChI is InChI=1S/C24H26N4O2S/c1-4-8-26-23(30)21-14-18(7-10-25-21)15-31-24-20(6-5-9-27-24)22(29)28-19-12-16(2)11-17(3)13-19/h5-7,9-14H,4,8,15H2,1-3H3,(H,26,30)(H,28,29). The molecule has 0 unspecified atom stereocenters. The lowest BCUT2D eigenvalue weighted by atomic mass is 10.1. The zero-order chi connectivity index (χ0) is 22.2. The van der Waals surface area contributed by atoms with Crippen molar-refractivity contribution in [3.05, 3.63) is 82.8 Å². The van der Waals surface area contributed by atoms with Crippen molar-refractivity contribution in [3.63, 3.8) is 0 Å². The van der Waals surface area contributed by atoms with E-state index in [1.54, 1.807) is 30.6 Å². The minimum atomic E-state index is -0.199. The van der Waals surface area contributed by atoms with E-state index in [2.05, 4.69) is 26.7 Å². The van der Waals surface area contributed by atoms with Crippen LogP contribution >= 0.6 is 11.8 Å². The van der Waals surface area contributed by atoms with E-state index in [0.29, 0.717) is 28.6 Å². The van der Waals surface area contributed by atoms with Gasteiger partial charge in [-0.1, -0.05) is 13.0 Å². The molecule has 2 heterocycles. The predicted octanol–water partition coefficient (Wildman–Crippen LogP) is 4.78. The van der Waals surface area contributed by atoms with E-state index in [1.165, 1.54) is 11.8 Å². The lowest BCUT2D eigenvalue weighted by Gasteiger charge is -2.11. The van der Waals surface area contributed by atoms with Gasteiger partial charge in [-0.25, -0.2) is 4.98 Å². The molecular formula is C24H26N4O2S. The summed E-state index contributed by atoms with van der Waals surface area (Å²) in [6, 6.07) is 13.1. The highest BCUT2D eigenvalue weighted by Gasteiger charge is 2.14. The monoisotopic (exact) mass is 434 g/mol. The van der Waals surface area contributed by atoms with Crippen molar-refractivity contribution >= 4 is 29.3 Å². The first-order valence-corrected chi connectivity index (χ1v) is 11.2. The number of aryl methyl sites for hydroxylation is 2. The van der Waals surface area contributed by atoms with Crippen LogP contribution in [0.5, 0.6) is 0 Å². The number of carbonyl (C=O) groups excluding carboxylic acids is 2. The largest absolute Gasteiger partial charge is 0.351 e. The molecule has 0 aliphatic heterocycles. The second kappa shape index (κ2) is 10.7. The molecule has 0 bridgehead atoms. The second-order valence-electron chi connectivity index (χ2n) is 7.28. The molecule has 0 fully saturated rings. The number of pyridine rings is 2. The molecule has 0 atom stereocenters. The summed E-state index contributed by atoms with van der Waals surface area (Å²) in [5.74, 6) is 0.187. The molecule has 7 heteroatoms. The molecule has 2 aromatic heterocycles. The summed E-state index contributed by atoms with van der Waals surface area (Å²) in [5, 5.41) is 6.44. The highest BCUT2D eigenvalue weighted by atomic mass is 32.2. The molecule has 0 aliphatic rings. The van der Waals surface area contributed by atoms with E-state index >= 15 is 0 Å². The Hall–Kier alpha value is -3.19. The van der Waals surface area contributed by atoms with Crippen LogP contribution in [-0.2, 0) is 5.75 Å². The number of amides is 2. The van der Waals surface area contributed by atoms with Gasteiger partial charge in [0.1, 0.15) is 10.7 Å². The number of anilines is 1. The minimum absolute atomic E-state index is 0.181. The molecule has 6 nitrogen and oxygen atoms in total. The Labute approximate surface area is 186 Å². The first kappa shape index (κ1) is 22.5. The maximum absolute atomic E-state index is 12.9. The van der Waals surface area contributed by atoms with Gasteiger partial charge in [-0.15, -0.1) is 11.8 Å². The van der Waals surface area contributed by atoms with Gasteiger partial charge < -0.3 is 10.6 Å². The summed E-state index contributed by atoms with van der Waals surface area (Å²) in [6.45, 7) is 6.62. The van der Waals surface area contributed by atoms with Crippen molar-refractivity contribution in [1.82, 2.24) is 15.3 Å². The second-order valence-corrected chi connectivity index (χ2v) is 8.24. The number of hydrogen-bond donors (Lipinski definition) is 2. The number of thioether (sulfide) groups is 1. The van der Waals surface area contributed by atoms with Crippen molar-refractivity contribution in [3.8, 4) is 0 Å². The van der Waals surface area contributed by atoms with E-state index < -0.39 is 0 Å². The molecule has 0 saturated carbocycles. The average molecular weight is 435 g/mol. The van der Waals surface area contributed by atoms with Gasteiger partial charge in [-0.3, -0.25) is 14.6 Å². The number of benzene rings is 1. The summed E-state index contributed by atoms with van der Waals surface area (Å²) >= 11 is 1.45. The molecule has 2 amide bonds. The van der Waals surface area contributed by atoms with Gasteiger partial charge in [0.2, 0.25) is 0 Å². The third kappa shape index (κ3) is 6.39. The van der Waals surface area contributed by atoms with Crippen LogP contribution in [0, 0.1) is 13.8 Å². The molecule has 0 spiro atoms. The Kier molecular flexibility index (Phi) is 7.78. The molecule has 3 rings (SSSR count). The number of nitrogens with zero attached hydrogens (tertiary/aromatic N) is 2. The van der Waals surface area contributed by atoms with Crippen LogP contribution in [0.15, 0.2) is 59.9 Å². The normalized spacial score (nSPS) is 10.5. The van der Waals surface area contributed by atoms with E-state index in [0.717, 1.165) is 28.8 Å². The molecule has 0 radical (unpaired) electrons. The topological polar surface area (TPSA) is 84.0 Å². The first-order chi connectivity index (χ1) is 15.0. The molecule has 0 saturated heterocycles. The molecule has 0 aliphatic carbocycles. The fourth-order valence-electron chi connectivity index (χ4n) is 3.09. The highest BCUT2D eigenvalue weighted by Crippen LogP contribution is 2.25. The van der Waals surface area contributed by atoms with Crippen LogP contribution in [0.4, 0.5) is 5.69 Å². The Balaban J connectivity index is 1.71. The zero-order valence-electron chi connectivity index (χ0n) is 17.9. The number of rotatable bonds is 8.